The fourth-order valence-corrected chi connectivity index (χ4v) is 1.51. The molecule has 0 aliphatic carbocycles. The van der Waals surface area contributed by atoms with Crippen LogP contribution in [0.1, 0.15) is 52.9 Å². The van der Waals surface area contributed by atoms with E-state index in [4.69, 9.17) is 5.73 Å². The maximum absolute atomic E-state index is 11.5. The third kappa shape index (κ3) is 5.73. The molecule has 0 heterocycles. The molecule has 4 nitrogen and oxygen atoms in total. The van der Waals surface area contributed by atoms with Gasteiger partial charge < -0.3 is 11.1 Å². The number of primary amides is 1. The Morgan fingerprint density at radius 1 is 1.25 bits per heavy atom. The average molecular weight is 228 g/mol. The molecule has 0 saturated heterocycles. The summed E-state index contributed by atoms with van der Waals surface area (Å²) in [5, 5.41) is 2.71. The minimum absolute atomic E-state index is 0.0717. The van der Waals surface area contributed by atoms with Crippen LogP contribution in [0.5, 0.6) is 0 Å². The van der Waals surface area contributed by atoms with Crippen molar-refractivity contribution in [1.82, 2.24) is 5.32 Å². The summed E-state index contributed by atoms with van der Waals surface area (Å²) in [7, 11) is 0. The van der Waals surface area contributed by atoms with E-state index in [1.54, 1.807) is 0 Å². The molecule has 0 aliphatic heterocycles. The highest BCUT2D eigenvalue weighted by atomic mass is 16.2. The van der Waals surface area contributed by atoms with Crippen molar-refractivity contribution in [2.24, 2.45) is 11.7 Å². The van der Waals surface area contributed by atoms with E-state index in [1.807, 2.05) is 13.8 Å². The molecule has 0 aromatic rings. The molecule has 0 unspecified atom stereocenters. The van der Waals surface area contributed by atoms with Crippen LogP contribution in [0.3, 0.4) is 0 Å². The highest BCUT2D eigenvalue weighted by Gasteiger charge is 2.22. The number of unbranched alkanes of at least 4 members (excludes halogenated alkanes) is 2. The Kier molecular flexibility index (Phi) is 7.60. The molecule has 16 heavy (non-hydrogen) atoms. The Balaban J connectivity index is 4.09. The Labute approximate surface area is 98.0 Å². The van der Waals surface area contributed by atoms with Gasteiger partial charge in [0.15, 0.2) is 0 Å². The second-order valence-electron chi connectivity index (χ2n) is 4.29. The molecule has 94 valence electrons. The van der Waals surface area contributed by atoms with E-state index in [0.29, 0.717) is 6.42 Å². The highest BCUT2D eigenvalue weighted by molar-refractivity contribution is 5.86. The maximum atomic E-state index is 11.5. The van der Waals surface area contributed by atoms with Gasteiger partial charge >= 0.3 is 0 Å². The molecular weight excluding hydrogens is 204 g/mol. The van der Waals surface area contributed by atoms with E-state index in [9.17, 15) is 9.59 Å². The van der Waals surface area contributed by atoms with Gasteiger partial charge in [0.2, 0.25) is 11.8 Å². The van der Waals surface area contributed by atoms with Crippen molar-refractivity contribution < 1.29 is 9.59 Å². The third-order valence-electron chi connectivity index (χ3n) is 2.84. The average Bonchev–Trinajstić information content (AvgIpc) is 2.25. The molecule has 2 atom stereocenters. The lowest BCUT2D eigenvalue weighted by atomic mass is 9.98. The van der Waals surface area contributed by atoms with Crippen LogP contribution in [0.2, 0.25) is 0 Å². The number of hydrogen-bond donors (Lipinski definition) is 2. The van der Waals surface area contributed by atoms with Gasteiger partial charge in [0.1, 0.15) is 6.04 Å². The van der Waals surface area contributed by atoms with Crippen LogP contribution in [-0.2, 0) is 9.59 Å². The topological polar surface area (TPSA) is 72.2 Å². The van der Waals surface area contributed by atoms with Crippen molar-refractivity contribution in [1.29, 1.82) is 0 Å². The number of rotatable bonds is 8. The molecule has 0 fully saturated rings. The summed E-state index contributed by atoms with van der Waals surface area (Å²) in [4.78, 5) is 22.7. The second kappa shape index (κ2) is 8.13. The van der Waals surface area contributed by atoms with Gasteiger partial charge in [-0.15, -0.1) is 0 Å². The molecule has 0 aromatic heterocycles. The number of nitrogens with two attached hydrogens (primary N) is 1. The van der Waals surface area contributed by atoms with E-state index in [1.165, 1.54) is 0 Å². The smallest absolute Gasteiger partial charge is 0.240 e. The summed E-state index contributed by atoms with van der Waals surface area (Å²) in [5.41, 5.74) is 5.26. The number of carbonyl (C=O) groups is 2. The van der Waals surface area contributed by atoms with Crippen LogP contribution in [0, 0.1) is 5.92 Å². The third-order valence-corrected chi connectivity index (χ3v) is 2.84. The Morgan fingerprint density at radius 3 is 2.31 bits per heavy atom. The van der Waals surface area contributed by atoms with Crippen LogP contribution < -0.4 is 11.1 Å². The zero-order chi connectivity index (χ0) is 12.6. The Morgan fingerprint density at radius 2 is 1.88 bits per heavy atom. The molecule has 0 spiro atoms. The van der Waals surface area contributed by atoms with Gasteiger partial charge in [0, 0.05) is 6.42 Å². The summed E-state index contributed by atoms with van der Waals surface area (Å²) in [6.45, 7) is 5.98. The van der Waals surface area contributed by atoms with E-state index in [0.717, 1.165) is 25.7 Å². The van der Waals surface area contributed by atoms with E-state index in [-0.39, 0.29) is 11.8 Å². The quantitative estimate of drug-likeness (QED) is 0.619. The number of hydrogen-bond acceptors (Lipinski definition) is 2. The first-order chi connectivity index (χ1) is 7.52. The number of carbonyl (C=O) groups excluding carboxylic acids is 2. The molecule has 2 amide bonds. The molecule has 0 saturated carbocycles. The largest absolute Gasteiger partial charge is 0.368 e. The zero-order valence-corrected chi connectivity index (χ0v) is 10.6. The molecule has 0 bridgehead atoms. The van der Waals surface area contributed by atoms with E-state index in [2.05, 4.69) is 12.2 Å². The Hall–Kier alpha value is -1.06. The fraction of sp³-hybridized carbons (Fsp3) is 0.833. The first-order valence-electron chi connectivity index (χ1n) is 6.11. The van der Waals surface area contributed by atoms with Crippen LogP contribution >= 0.6 is 0 Å². The van der Waals surface area contributed by atoms with Gasteiger partial charge in [-0.3, -0.25) is 9.59 Å². The standard InChI is InChI=1S/C12H24N2O2/c1-4-6-7-8-10(15)14-11(12(13)16)9(3)5-2/h9,11H,4-8H2,1-3H3,(H2,13,16)(H,14,15)/t9-,11-/m0/s1. The fourth-order valence-electron chi connectivity index (χ4n) is 1.51. The van der Waals surface area contributed by atoms with Crippen LogP contribution in [-0.4, -0.2) is 17.9 Å². The molecule has 4 heteroatoms. The zero-order valence-electron chi connectivity index (χ0n) is 10.6. The number of amides is 2. The normalized spacial score (nSPS) is 14.2. The lowest BCUT2D eigenvalue weighted by Gasteiger charge is -2.21. The van der Waals surface area contributed by atoms with Gasteiger partial charge in [0.25, 0.3) is 0 Å². The predicted octanol–water partition coefficient (Wildman–Crippen LogP) is 1.58. The summed E-state index contributed by atoms with van der Waals surface area (Å²) in [6.07, 6.45) is 4.29. The van der Waals surface area contributed by atoms with Crippen molar-refractivity contribution in [3.8, 4) is 0 Å². The molecule has 0 aliphatic rings. The van der Waals surface area contributed by atoms with E-state index < -0.39 is 11.9 Å². The second-order valence-corrected chi connectivity index (χ2v) is 4.29. The van der Waals surface area contributed by atoms with Crippen molar-refractivity contribution in [3.05, 3.63) is 0 Å². The summed E-state index contributed by atoms with van der Waals surface area (Å²) in [5.74, 6) is -0.427. The Bertz CT molecular complexity index is 229. The molecule has 0 rings (SSSR count). The van der Waals surface area contributed by atoms with Crippen molar-refractivity contribution in [2.45, 2.75) is 58.9 Å². The van der Waals surface area contributed by atoms with Gasteiger partial charge in [-0.05, 0) is 12.3 Å². The minimum Gasteiger partial charge on any atom is -0.368 e. The van der Waals surface area contributed by atoms with Crippen LogP contribution in [0.4, 0.5) is 0 Å². The van der Waals surface area contributed by atoms with Crippen LogP contribution in [0.25, 0.3) is 0 Å². The lowest BCUT2D eigenvalue weighted by molar-refractivity contribution is -0.128. The van der Waals surface area contributed by atoms with Crippen molar-refractivity contribution in [2.75, 3.05) is 0 Å². The van der Waals surface area contributed by atoms with Gasteiger partial charge in [-0.2, -0.15) is 0 Å². The summed E-state index contributed by atoms with van der Waals surface area (Å²) in [6, 6.07) is -0.529. The molecular formula is C12H24N2O2. The predicted molar refractivity (Wildman–Crippen MR) is 64.7 cm³/mol. The summed E-state index contributed by atoms with van der Waals surface area (Å²) < 4.78 is 0. The maximum Gasteiger partial charge on any atom is 0.240 e. The van der Waals surface area contributed by atoms with Crippen molar-refractivity contribution >= 4 is 11.8 Å². The SMILES string of the molecule is CCCCCC(=O)N[C@H](C(N)=O)[C@@H](C)CC. The molecule has 0 aromatic carbocycles. The van der Waals surface area contributed by atoms with Gasteiger partial charge in [-0.1, -0.05) is 40.0 Å². The molecule has 3 N–H and O–H groups in total. The van der Waals surface area contributed by atoms with Gasteiger partial charge in [0.05, 0.1) is 0 Å². The highest BCUT2D eigenvalue weighted by Crippen LogP contribution is 2.08. The summed E-state index contributed by atoms with van der Waals surface area (Å²) >= 11 is 0. The number of nitrogens with one attached hydrogen (secondary N) is 1. The van der Waals surface area contributed by atoms with E-state index >= 15 is 0 Å². The lowest BCUT2D eigenvalue weighted by Crippen LogP contribution is -2.48. The first kappa shape index (κ1) is 14.9. The van der Waals surface area contributed by atoms with Gasteiger partial charge in [-0.25, -0.2) is 0 Å². The molecule has 0 radical (unpaired) electrons. The minimum atomic E-state index is -0.529. The monoisotopic (exact) mass is 228 g/mol. The van der Waals surface area contributed by atoms with Crippen molar-refractivity contribution in [3.63, 3.8) is 0 Å². The van der Waals surface area contributed by atoms with Crippen LogP contribution in [0.15, 0.2) is 0 Å². The first-order valence-corrected chi connectivity index (χ1v) is 6.11.